The van der Waals surface area contributed by atoms with E-state index in [1.807, 2.05) is 54.6 Å². The Hall–Kier alpha value is -3.93. The molecule has 33 heavy (non-hydrogen) atoms. The molecule has 0 saturated heterocycles. The predicted octanol–water partition coefficient (Wildman–Crippen LogP) is 5.63. The first-order valence-electron chi connectivity index (χ1n) is 10.8. The number of nitrogens with one attached hydrogen (secondary N) is 1. The van der Waals surface area contributed by atoms with Crippen LogP contribution in [0.5, 0.6) is 5.75 Å². The maximum Gasteiger partial charge on any atom is 0.270 e. The SMILES string of the molecule is CC(C)(C)c1ccc(OCCNC(=O)/C(=C/c2cccc([N+](=O)[O-])c2)c2ccccc2)cc1. The molecule has 0 aliphatic heterocycles. The summed E-state index contributed by atoms with van der Waals surface area (Å²) < 4.78 is 5.76. The van der Waals surface area contributed by atoms with Gasteiger partial charge in [-0.1, -0.05) is 75.4 Å². The molecule has 3 aromatic rings. The van der Waals surface area contributed by atoms with Crippen molar-refractivity contribution in [1.29, 1.82) is 0 Å². The van der Waals surface area contributed by atoms with Crippen LogP contribution in [0.3, 0.4) is 0 Å². The van der Waals surface area contributed by atoms with Crippen molar-refractivity contribution in [1.82, 2.24) is 5.32 Å². The monoisotopic (exact) mass is 444 g/mol. The van der Waals surface area contributed by atoms with Crippen molar-refractivity contribution < 1.29 is 14.5 Å². The van der Waals surface area contributed by atoms with Crippen molar-refractivity contribution in [3.05, 3.63) is 106 Å². The molecule has 0 aliphatic rings. The van der Waals surface area contributed by atoms with Crippen LogP contribution in [-0.4, -0.2) is 24.0 Å². The highest BCUT2D eigenvalue weighted by atomic mass is 16.6. The first kappa shape index (κ1) is 23.7. The third-order valence-electron chi connectivity index (χ3n) is 5.10. The first-order chi connectivity index (χ1) is 15.7. The number of hydrogen-bond donors (Lipinski definition) is 1. The molecule has 3 aromatic carbocycles. The van der Waals surface area contributed by atoms with E-state index in [1.165, 1.54) is 17.7 Å². The third-order valence-corrected chi connectivity index (χ3v) is 5.10. The summed E-state index contributed by atoms with van der Waals surface area (Å²) in [5.74, 6) is 0.465. The van der Waals surface area contributed by atoms with Crippen LogP contribution in [-0.2, 0) is 10.2 Å². The molecule has 0 fully saturated rings. The quantitative estimate of drug-likeness (QED) is 0.161. The van der Waals surface area contributed by atoms with E-state index in [0.717, 1.165) is 11.3 Å². The molecule has 0 unspecified atom stereocenters. The lowest BCUT2D eigenvalue weighted by atomic mass is 9.87. The largest absolute Gasteiger partial charge is 0.492 e. The van der Waals surface area contributed by atoms with Crippen LogP contribution in [0.15, 0.2) is 78.9 Å². The highest BCUT2D eigenvalue weighted by Gasteiger charge is 2.14. The fourth-order valence-electron chi connectivity index (χ4n) is 3.27. The Morgan fingerprint density at radius 3 is 2.33 bits per heavy atom. The highest BCUT2D eigenvalue weighted by Crippen LogP contribution is 2.24. The molecule has 0 atom stereocenters. The number of benzene rings is 3. The molecule has 6 heteroatoms. The second kappa shape index (κ2) is 10.6. The summed E-state index contributed by atoms with van der Waals surface area (Å²) in [6, 6.07) is 23.4. The van der Waals surface area contributed by atoms with Crippen LogP contribution < -0.4 is 10.1 Å². The van der Waals surface area contributed by atoms with E-state index in [2.05, 4.69) is 26.1 Å². The van der Waals surface area contributed by atoms with Gasteiger partial charge in [-0.15, -0.1) is 0 Å². The maximum absolute atomic E-state index is 13.0. The van der Waals surface area contributed by atoms with Gasteiger partial charge >= 0.3 is 0 Å². The van der Waals surface area contributed by atoms with Crippen LogP contribution in [0, 0.1) is 10.1 Å². The van der Waals surface area contributed by atoms with E-state index in [1.54, 1.807) is 18.2 Å². The lowest BCUT2D eigenvalue weighted by molar-refractivity contribution is -0.384. The number of nitro benzene ring substituents is 1. The molecule has 0 aliphatic carbocycles. The summed E-state index contributed by atoms with van der Waals surface area (Å²) in [4.78, 5) is 23.6. The normalized spacial score (nSPS) is 11.7. The minimum absolute atomic E-state index is 0.0255. The van der Waals surface area contributed by atoms with E-state index in [4.69, 9.17) is 4.74 Å². The summed E-state index contributed by atoms with van der Waals surface area (Å²) in [5, 5.41) is 14.0. The minimum atomic E-state index is -0.453. The van der Waals surface area contributed by atoms with Crippen molar-refractivity contribution in [3.63, 3.8) is 0 Å². The number of rotatable bonds is 8. The summed E-state index contributed by atoms with van der Waals surface area (Å²) in [6.45, 7) is 7.11. The fraction of sp³-hybridized carbons (Fsp3) is 0.222. The number of carbonyl (C=O) groups is 1. The van der Waals surface area contributed by atoms with E-state index in [-0.39, 0.29) is 17.0 Å². The van der Waals surface area contributed by atoms with Gasteiger partial charge in [-0.25, -0.2) is 0 Å². The van der Waals surface area contributed by atoms with Gasteiger partial charge in [0.1, 0.15) is 12.4 Å². The van der Waals surface area contributed by atoms with Gasteiger partial charge < -0.3 is 10.1 Å². The molecule has 0 aromatic heterocycles. The van der Waals surface area contributed by atoms with Crippen LogP contribution in [0.25, 0.3) is 11.6 Å². The number of ether oxygens (including phenoxy) is 1. The Morgan fingerprint density at radius 1 is 1.00 bits per heavy atom. The summed E-state index contributed by atoms with van der Waals surface area (Å²) in [6.07, 6.45) is 1.66. The van der Waals surface area contributed by atoms with Gasteiger partial charge in [0.15, 0.2) is 0 Å². The molecular weight excluding hydrogens is 416 g/mol. The zero-order valence-corrected chi connectivity index (χ0v) is 19.1. The molecule has 0 radical (unpaired) electrons. The predicted molar refractivity (Wildman–Crippen MR) is 131 cm³/mol. The van der Waals surface area contributed by atoms with E-state index >= 15 is 0 Å². The molecule has 6 nitrogen and oxygen atoms in total. The van der Waals surface area contributed by atoms with E-state index in [0.29, 0.717) is 24.3 Å². The lowest BCUT2D eigenvalue weighted by Crippen LogP contribution is -2.28. The minimum Gasteiger partial charge on any atom is -0.492 e. The molecule has 170 valence electrons. The molecule has 3 rings (SSSR count). The zero-order chi connectivity index (χ0) is 23.8. The van der Waals surface area contributed by atoms with Crippen molar-refractivity contribution >= 4 is 23.2 Å². The smallest absolute Gasteiger partial charge is 0.270 e. The zero-order valence-electron chi connectivity index (χ0n) is 19.1. The van der Waals surface area contributed by atoms with Crippen LogP contribution >= 0.6 is 0 Å². The highest BCUT2D eigenvalue weighted by molar-refractivity contribution is 6.24. The standard InChI is InChI=1S/C27H28N2O4/c1-27(2,3)22-12-14-24(15-13-22)33-17-16-28-26(30)25(21-9-5-4-6-10-21)19-20-8-7-11-23(18-20)29(31)32/h4-15,18-19H,16-17H2,1-3H3,(H,28,30)/b25-19+. The average Bonchev–Trinajstić information content (AvgIpc) is 2.80. The van der Waals surface area contributed by atoms with Gasteiger partial charge in [-0.3, -0.25) is 14.9 Å². The van der Waals surface area contributed by atoms with Crippen LogP contribution in [0.1, 0.15) is 37.5 Å². The molecule has 0 bridgehead atoms. The molecule has 0 spiro atoms. The summed E-state index contributed by atoms with van der Waals surface area (Å²) in [5.41, 5.74) is 3.00. The van der Waals surface area contributed by atoms with Gasteiger partial charge in [0.05, 0.1) is 11.5 Å². The van der Waals surface area contributed by atoms with E-state index in [9.17, 15) is 14.9 Å². The van der Waals surface area contributed by atoms with Gasteiger partial charge in [-0.05, 0) is 40.3 Å². The lowest BCUT2D eigenvalue weighted by Gasteiger charge is -2.19. The van der Waals surface area contributed by atoms with Crippen molar-refractivity contribution in [3.8, 4) is 5.75 Å². The van der Waals surface area contributed by atoms with Crippen molar-refractivity contribution in [2.24, 2.45) is 0 Å². The van der Waals surface area contributed by atoms with Gasteiger partial charge in [0.2, 0.25) is 0 Å². The molecule has 0 heterocycles. The second-order valence-electron chi connectivity index (χ2n) is 8.65. The molecule has 0 saturated carbocycles. The molecule has 1 N–H and O–H groups in total. The Labute approximate surface area is 194 Å². The summed E-state index contributed by atoms with van der Waals surface area (Å²) in [7, 11) is 0. The van der Waals surface area contributed by atoms with Crippen molar-refractivity contribution in [2.75, 3.05) is 13.2 Å². The first-order valence-corrected chi connectivity index (χ1v) is 10.8. The average molecular weight is 445 g/mol. The number of amides is 1. The summed E-state index contributed by atoms with van der Waals surface area (Å²) >= 11 is 0. The van der Waals surface area contributed by atoms with Gasteiger partial charge in [0, 0.05) is 17.7 Å². The van der Waals surface area contributed by atoms with Crippen LogP contribution in [0.2, 0.25) is 0 Å². The Bertz CT molecular complexity index is 1130. The number of hydrogen-bond acceptors (Lipinski definition) is 4. The molecular formula is C27H28N2O4. The maximum atomic E-state index is 13.0. The number of non-ortho nitro benzene ring substituents is 1. The van der Waals surface area contributed by atoms with E-state index < -0.39 is 4.92 Å². The number of nitro groups is 1. The Kier molecular flexibility index (Phi) is 7.61. The fourth-order valence-corrected chi connectivity index (χ4v) is 3.27. The molecule has 1 amide bonds. The van der Waals surface area contributed by atoms with Gasteiger partial charge in [-0.2, -0.15) is 0 Å². The topological polar surface area (TPSA) is 81.5 Å². The number of carbonyl (C=O) groups excluding carboxylic acids is 1. The van der Waals surface area contributed by atoms with Crippen LogP contribution in [0.4, 0.5) is 5.69 Å². The Balaban J connectivity index is 1.67. The third kappa shape index (κ3) is 6.77. The van der Waals surface area contributed by atoms with Gasteiger partial charge in [0.25, 0.3) is 11.6 Å². The second-order valence-corrected chi connectivity index (χ2v) is 8.65. The Morgan fingerprint density at radius 2 is 1.70 bits per heavy atom. The van der Waals surface area contributed by atoms with Crippen molar-refractivity contribution in [2.45, 2.75) is 26.2 Å². The number of nitrogens with zero attached hydrogens (tertiary/aromatic N) is 1.